The minimum absolute atomic E-state index is 0.168. The Bertz CT molecular complexity index is 504. The minimum Gasteiger partial charge on any atom is -0.481 e. The van der Waals surface area contributed by atoms with Gasteiger partial charge < -0.3 is 19.3 Å². The zero-order valence-electron chi connectivity index (χ0n) is 12.2. The summed E-state index contributed by atoms with van der Waals surface area (Å²) in [5, 5.41) is 13.4. The fraction of sp³-hybridized carbons (Fsp3) is 0.786. The molecule has 21 heavy (non-hydrogen) atoms. The molecule has 1 aliphatic heterocycles. The predicted octanol–water partition coefficient (Wildman–Crippen LogP) is 1.43. The highest BCUT2D eigenvalue weighted by Gasteiger charge is 2.36. The molecular formula is C14H21N3O4. The molecule has 1 saturated heterocycles. The molecule has 0 spiro atoms. The number of nitrogens with zero attached hydrogens (tertiary/aromatic N) is 3. The number of hydrogen-bond donors (Lipinski definition) is 1. The van der Waals surface area contributed by atoms with E-state index in [1.807, 2.05) is 7.05 Å². The number of carbonyl (C=O) groups is 1. The van der Waals surface area contributed by atoms with Crippen LogP contribution in [-0.4, -0.2) is 52.9 Å². The second-order valence-electron chi connectivity index (χ2n) is 5.95. The van der Waals surface area contributed by atoms with Crippen LogP contribution in [0.25, 0.3) is 0 Å². The summed E-state index contributed by atoms with van der Waals surface area (Å²) in [5.74, 6) is -0.367. The molecule has 3 unspecified atom stereocenters. The largest absolute Gasteiger partial charge is 0.481 e. The molecule has 7 nitrogen and oxygen atoms in total. The van der Waals surface area contributed by atoms with Gasteiger partial charge in [0.15, 0.2) is 0 Å². The van der Waals surface area contributed by atoms with Crippen LogP contribution in [0.1, 0.15) is 49.4 Å². The van der Waals surface area contributed by atoms with Gasteiger partial charge in [-0.3, -0.25) is 4.79 Å². The third-order valence-electron chi connectivity index (χ3n) is 4.42. The first-order chi connectivity index (χ1) is 10.1. The Morgan fingerprint density at radius 2 is 2.19 bits per heavy atom. The highest BCUT2D eigenvalue weighted by atomic mass is 16.5. The molecular weight excluding hydrogens is 274 g/mol. The van der Waals surface area contributed by atoms with E-state index >= 15 is 0 Å². The summed E-state index contributed by atoms with van der Waals surface area (Å²) in [6, 6.07) is 0. The van der Waals surface area contributed by atoms with Gasteiger partial charge in [0.2, 0.25) is 11.7 Å². The standard InChI is InChI=1S/C14H21N3O4/c1-17-6-7-20-11(8-17)12-15-13(21-16-12)9-4-2-3-5-10(9)14(18)19/h9-11H,2-8H2,1H3,(H,18,19). The number of aromatic nitrogens is 2. The fourth-order valence-electron chi connectivity index (χ4n) is 3.18. The van der Waals surface area contributed by atoms with E-state index in [2.05, 4.69) is 15.0 Å². The van der Waals surface area contributed by atoms with Gasteiger partial charge in [0.1, 0.15) is 6.10 Å². The van der Waals surface area contributed by atoms with Gasteiger partial charge in [-0.15, -0.1) is 0 Å². The van der Waals surface area contributed by atoms with Crippen LogP contribution in [0, 0.1) is 5.92 Å². The average molecular weight is 295 g/mol. The zero-order chi connectivity index (χ0) is 14.8. The third-order valence-corrected chi connectivity index (χ3v) is 4.42. The van der Waals surface area contributed by atoms with Crippen molar-refractivity contribution in [1.29, 1.82) is 0 Å². The lowest BCUT2D eigenvalue weighted by atomic mass is 9.79. The Balaban J connectivity index is 1.75. The lowest BCUT2D eigenvalue weighted by molar-refractivity contribution is -0.143. The molecule has 1 saturated carbocycles. The Hall–Kier alpha value is -1.47. The number of hydrogen-bond acceptors (Lipinski definition) is 6. The lowest BCUT2D eigenvalue weighted by Crippen LogP contribution is -2.35. The quantitative estimate of drug-likeness (QED) is 0.902. The average Bonchev–Trinajstić information content (AvgIpc) is 2.97. The highest BCUT2D eigenvalue weighted by molar-refractivity contribution is 5.71. The van der Waals surface area contributed by atoms with E-state index in [9.17, 15) is 9.90 Å². The van der Waals surface area contributed by atoms with Crippen molar-refractivity contribution in [1.82, 2.24) is 15.0 Å². The Kier molecular flexibility index (Phi) is 4.21. The molecule has 0 amide bonds. The van der Waals surface area contributed by atoms with Gasteiger partial charge in [-0.2, -0.15) is 4.98 Å². The van der Waals surface area contributed by atoms with Gasteiger partial charge >= 0.3 is 5.97 Å². The van der Waals surface area contributed by atoms with Crippen molar-refractivity contribution in [3.8, 4) is 0 Å². The van der Waals surface area contributed by atoms with E-state index in [0.29, 0.717) is 24.7 Å². The molecule has 0 bridgehead atoms. The second-order valence-corrected chi connectivity index (χ2v) is 5.95. The molecule has 3 atom stereocenters. The van der Waals surface area contributed by atoms with Crippen molar-refractivity contribution in [2.75, 3.05) is 26.7 Å². The molecule has 1 aromatic heterocycles. The molecule has 116 valence electrons. The Labute approximate surface area is 123 Å². The second kappa shape index (κ2) is 6.11. The number of morpholine rings is 1. The van der Waals surface area contributed by atoms with Crippen LogP contribution < -0.4 is 0 Å². The normalized spacial score (nSPS) is 31.2. The monoisotopic (exact) mass is 295 g/mol. The van der Waals surface area contributed by atoms with Gasteiger partial charge in [-0.05, 0) is 19.9 Å². The minimum atomic E-state index is -0.770. The Morgan fingerprint density at radius 3 is 2.95 bits per heavy atom. The van der Waals surface area contributed by atoms with Crippen LogP contribution >= 0.6 is 0 Å². The lowest BCUT2D eigenvalue weighted by Gasteiger charge is -2.28. The van der Waals surface area contributed by atoms with Gasteiger partial charge in [0, 0.05) is 13.1 Å². The number of ether oxygens (including phenoxy) is 1. The molecule has 7 heteroatoms. The first-order valence-electron chi connectivity index (χ1n) is 7.51. The van der Waals surface area contributed by atoms with Gasteiger partial charge in [0.25, 0.3) is 0 Å². The maximum absolute atomic E-state index is 11.4. The van der Waals surface area contributed by atoms with E-state index in [4.69, 9.17) is 9.26 Å². The van der Waals surface area contributed by atoms with Crippen LogP contribution in [0.4, 0.5) is 0 Å². The number of likely N-dealkylation sites (N-methyl/N-ethyl adjacent to an activating group) is 1. The van der Waals surface area contributed by atoms with Gasteiger partial charge in [-0.25, -0.2) is 0 Å². The molecule has 2 fully saturated rings. The molecule has 1 N–H and O–H groups in total. The molecule has 3 rings (SSSR count). The summed E-state index contributed by atoms with van der Waals surface area (Å²) >= 11 is 0. The third kappa shape index (κ3) is 3.08. The first kappa shape index (κ1) is 14.5. The molecule has 2 heterocycles. The van der Waals surface area contributed by atoms with Crippen molar-refractivity contribution >= 4 is 5.97 Å². The molecule has 2 aliphatic rings. The summed E-state index contributed by atoms with van der Waals surface area (Å²) in [6.45, 7) is 2.27. The number of carboxylic acids is 1. The smallest absolute Gasteiger partial charge is 0.307 e. The molecule has 0 radical (unpaired) electrons. The number of rotatable bonds is 3. The fourth-order valence-corrected chi connectivity index (χ4v) is 3.18. The molecule has 1 aliphatic carbocycles. The molecule has 1 aromatic rings. The van der Waals surface area contributed by atoms with Crippen LogP contribution in [0.3, 0.4) is 0 Å². The zero-order valence-corrected chi connectivity index (χ0v) is 12.2. The van der Waals surface area contributed by atoms with E-state index < -0.39 is 11.9 Å². The van der Waals surface area contributed by atoms with Crippen LogP contribution in [0.2, 0.25) is 0 Å². The van der Waals surface area contributed by atoms with E-state index in [1.165, 1.54) is 0 Å². The van der Waals surface area contributed by atoms with E-state index in [1.54, 1.807) is 0 Å². The number of carboxylic acid groups (broad SMARTS) is 1. The van der Waals surface area contributed by atoms with E-state index in [-0.39, 0.29) is 12.0 Å². The van der Waals surface area contributed by atoms with Crippen LogP contribution in [0.15, 0.2) is 4.52 Å². The van der Waals surface area contributed by atoms with Gasteiger partial charge in [-0.1, -0.05) is 18.0 Å². The first-order valence-corrected chi connectivity index (χ1v) is 7.51. The topological polar surface area (TPSA) is 88.7 Å². The van der Waals surface area contributed by atoms with Crippen LogP contribution in [0.5, 0.6) is 0 Å². The Morgan fingerprint density at radius 1 is 1.38 bits per heavy atom. The maximum Gasteiger partial charge on any atom is 0.307 e. The van der Waals surface area contributed by atoms with Crippen molar-refractivity contribution in [3.63, 3.8) is 0 Å². The van der Waals surface area contributed by atoms with Crippen molar-refractivity contribution in [2.24, 2.45) is 5.92 Å². The van der Waals surface area contributed by atoms with Crippen molar-refractivity contribution in [2.45, 2.75) is 37.7 Å². The summed E-state index contributed by atoms with van der Waals surface area (Å²) < 4.78 is 11.0. The number of aliphatic carboxylic acids is 1. The summed E-state index contributed by atoms with van der Waals surface area (Å²) in [4.78, 5) is 18.0. The summed E-state index contributed by atoms with van der Waals surface area (Å²) in [6.07, 6.45) is 3.25. The SMILES string of the molecule is CN1CCOC(c2noc(C3CCCCC3C(=O)O)n2)C1. The molecule has 0 aromatic carbocycles. The maximum atomic E-state index is 11.4. The highest BCUT2D eigenvalue weighted by Crippen LogP contribution is 2.37. The van der Waals surface area contributed by atoms with E-state index in [0.717, 1.165) is 32.4 Å². The summed E-state index contributed by atoms with van der Waals surface area (Å²) in [7, 11) is 2.03. The van der Waals surface area contributed by atoms with Crippen molar-refractivity contribution < 1.29 is 19.2 Å². The van der Waals surface area contributed by atoms with Crippen molar-refractivity contribution in [3.05, 3.63) is 11.7 Å². The van der Waals surface area contributed by atoms with Crippen LogP contribution in [-0.2, 0) is 9.53 Å². The summed E-state index contributed by atoms with van der Waals surface area (Å²) in [5.41, 5.74) is 0. The van der Waals surface area contributed by atoms with Gasteiger partial charge in [0.05, 0.1) is 18.4 Å². The predicted molar refractivity (Wildman–Crippen MR) is 72.8 cm³/mol.